The van der Waals surface area contributed by atoms with Crippen LogP contribution in [0.15, 0.2) is 48.7 Å². The van der Waals surface area contributed by atoms with Crippen molar-refractivity contribution in [3.63, 3.8) is 0 Å². The van der Waals surface area contributed by atoms with Crippen LogP contribution in [0.4, 0.5) is 5.82 Å². The van der Waals surface area contributed by atoms with Crippen LogP contribution in [0.5, 0.6) is 0 Å². The number of nitrogens with one attached hydrogen (secondary N) is 1. The number of hydrogen-bond donors (Lipinski definition) is 1. The molecule has 1 aromatic carbocycles. The number of carbonyl (C=O) groups excluding carboxylic acids is 2. The van der Waals surface area contributed by atoms with E-state index in [-0.39, 0.29) is 18.6 Å². The van der Waals surface area contributed by atoms with Crippen LogP contribution in [0.25, 0.3) is 0 Å². The number of nitrogens with zero attached hydrogens (tertiary/aromatic N) is 2. The highest BCUT2D eigenvalue weighted by molar-refractivity contribution is 5.91. The lowest BCUT2D eigenvalue weighted by Gasteiger charge is -2.26. The molecule has 2 aromatic rings. The van der Waals surface area contributed by atoms with E-state index in [0.29, 0.717) is 18.2 Å². The number of anilines is 1. The normalized spacial score (nSPS) is 13.3. The second-order valence-electron chi connectivity index (χ2n) is 7.03. The lowest BCUT2D eigenvalue weighted by atomic mass is 10.2. The summed E-state index contributed by atoms with van der Waals surface area (Å²) in [5, 5.41) is 3.26. The van der Waals surface area contributed by atoms with E-state index < -0.39 is 5.97 Å². The van der Waals surface area contributed by atoms with Crippen LogP contribution < -0.4 is 5.32 Å². The first-order chi connectivity index (χ1) is 13.0. The fourth-order valence-corrected chi connectivity index (χ4v) is 2.67. The molecule has 1 fully saturated rings. The monoisotopic (exact) mass is 367 g/mol. The number of hydrogen-bond acceptors (Lipinski definition) is 5. The SMILES string of the molecule is CC(C)N(Cc1ccccc1)C(=O)COC(=O)c1ccc(NC2CC2)nc1. The zero-order chi connectivity index (χ0) is 19.2. The smallest absolute Gasteiger partial charge is 0.340 e. The summed E-state index contributed by atoms with van der Waals surface area (Å²) in [6, 6.07) is 13.7. The Morgan fingerprint density at radius 2 is 1.93 bits per heavy atom. The average Bonchev–Trinajstić information content (AvgIpc) is 3.49. The largest absolute Gasteiger partial charge is 0.452 e. The van der Waals surface area contributed by atoms with Gasteiger partial charge >= 0.3 is 5.97 Å². The topological polar surface area (TPSA) is 71.5 Å². The molecule has 1 aliphatic carbocycles. The zero-order valence-electron chi connectivity index (χ0n) is 15.7. The fraction of sp³-hybridized carbons (Fsp3) is 0.381. The van der Waals surface area contributed by atoms with Crippen LogP contribution in [0.1, 0.15) is 42.6 Å². The van der Waals surface area contributed by atoms with Gasteiger partial charge in [0.05, 0.1) is 5.56 Å². The highest BCUT2D eigenvalue weighted by Gasteiger charge is 2.22. The number of esters is 1. The third kappa shape index (κ3) is 5.54. The molecule has 0 radical (unpaired) electrons. The van der Waals surface area contributed by atoms with Gasteiger partial charge in [-0.05, 0) is 44.4 Å². The molecule has 0 bridgehead atoms. The van der Waals surface area contributed by atoms with Crippen LogP contribution in [-0.2, 0) is 16.1 Å². The van der Waals surface area contributed by atoms with E-state index in [2.05, 4.69) is 10.3 Å². The summed E-state index contributed by atoms with van der Waals surface area (Å²) in [4.78, 5) is 30.6. The molecule has 1 saturated carbocycles. The van der Waals surface area contributed by atoms with Gasteiger partial charge in [-0.3, -0.25) is 4.79 Å². The summed E-state index contributed by atoms with van der Waals surface area (Å²) in [5.74, 6) is -0.0154. The van der Waals surface area contributed by atoms with Gasteiger partial charge in [0.1, 0.15) is 5.82 Å². The summed E-state index contributed by atoms with van der Waals surface area (Å²) in [6.07, 6.45) is 3.79. The first-order valence-corrected chi connectivity index (χ1v) is 9.26. The fourth-order valence-electron chi connectivity index (χ4n) is 2.67. The van der Waals surface area contributed by atoms with Crippen molar-refractivity contribution in [2.24, 2.45) is 0 Å². The van der Waals surface area contributed by atoms with Crippen molar-refractivity contribution in [3.05, 3.63) is 59.8 Å². The molecule has 0 atom stereocenters. The lowest BCUT2D eigenvalue weighted by molar-refractivity contribution is -0.136. The molecule has 0 unspecified atom stereocenters. The molecule has 0 aliphatic heterocycles. The summed E-state index contributed by atoms with van der Waals surface area (Å²) < 4.78 is 5.20. The molecule has 1 N–H and O–H groups in total. The van der Waals surface area contributed by atoms with Crippen molar-refractivity contribution in [3.8, 4) is 0 Å². The van der Waals surface area contributed by atoms with Crippen molar-refractivity contribution in [2.75, 3.05) is 11.9 Å². The Hall–Kier alpha value is -2.89. The summed E-state index contributed by atoms with van der Waals surface area (Å²) in [5.41, 5.74) is 1.37. The molecule has 0 spiro atoms. The van der Waals surface area contributed by atoms with Crippen molar-refractivity contribution >= 4 is 17.7 Å². The molecule has 0 saturated heterocycles. The molecule has 6 heteroatoms. The van der Waals surface area contributed by atoms with Crippen molar-refractivity contribution in [2.45, 2.75) is 45.3 Å². The highest BCUT2D eigenvalue weighted by atomic mass is 16.5. The third-order valence-corrected chi connectivity index (χ3v) is 4.39. The second-order valence-corrected chi connectivity index (χ2v) is 7.03. The number of aromatic nitrogens is 1. The predicted octanol–water partition coefficient (Wildman–Crippen LogP) is 3.25. The molecule has 27 heavy (non-hydrogen) atoms. The Kier molecular flexibility index (Phi) is 6.06. The first kappa shape index (κ1) is 18.9. The summed E-state index contributed by atoms with van der Waals surface area (Å²) in [6.45, 7) is 4.08. The van der Waals surface area contributed by atoms with Gasteiger partial charge in [-0.25, -0.2) is 9.78 Å². The van der Waals surface area contributed by atoms with Crippen molar-refractivity contribution in [1.29, 1.82) is 0 Å². The minimum atomic E-state index is -0.544. The van der Waals surface area contributed by atoms with Gasteiger partial charge in [0.25, 0.3) is 5.91 Å². The molecule has 1 aliphatic rings. The van der Waals surface area contributed by atoms with Crippen LogP contribution >= 0.6 is 0 Å². The maximum atomic E-state index is 12.5. The molecule has 142 valence electrons. The maximum absolute atomic E-state index is 12.5. The van der Waals surface area contributed by atoms with Crippen LogP contribution in [0.3, 0.4) is 0 Å². The minimum absolute atomic E-state index is 0.00542. The van der Waals surface area contributed by atoms with Gasteiger partial charge in [-0.15, -0.1) is 0 Å². The molecule has 1 aromatic heterocycles. The predicted molar refractivity (Wildman–Crippen MR) is 103 cm³/mol. The second kappa shape index (κ2) is 8.66. The minimum Gasteiger partial charge on any atom is -0.452 e. The number of benzene rings is 1. The van der Waals surface area contributed by atoms with Crippen LogP contribution in [0.2, 0.25) is 0 Å². The van der Waals surface area contributed by atoms with Crippen molar-refractivity contribution < 1.29 is 14.3 Å². The quantitative estimate of drug-likeness (QED) is 0.725. The Labute approximate surface area is 159 Å². The molecule has 3 rings (SSSR count). The van der Waals surface area contributed by atoms with Crippen LogP contribution in [0, 0.1) is 0 Å². The molecule has 6 nitrogen and oxygen atoms in total. The lowest BCUT2D eigenvalue weighted by Crippen LogP contribution is -2.39. The van der Waals surface area contributed by atoms with Gasteiger partial charge in [-0.2, -0.15) is 0 Å². The van der Waals surface area contributed by atoms with Gasteiger partial charge in [0, 0.05) is 24.8 Å². The number of carbonyl (C=O) groups is 2. The van der Waals surface area contributed by atoms with Gasteiger partial charge in [0.2, 0.25) is 0 Å². The number of pyridine rings is 1. The molecule has 1 heterocycles. The first-order valence-electron chi connectivity index (χ1n) is 9.26. The maximum Gasteiger partial charge on any atom is 0.340 e. The summed E-state index contributed by atoms with van der Waals surface area (Å²) >= 11 is 0. The Morgan fingerprint density at radius 1 is 1.19 bits per heavy atom. The van der Waals surface area contributed by atoms with E-state index in [4.69, 9.17) is 4.74 Å². The van der Waals surface area contributed by atoms with E-state index in [0.717, 1.165) is 24.2 Å². The Balaban J connectivity index is 1.53. The zero-order valence-corrected chi connectivity index (χ0v) is 15.7. The van der Waals surface area contributed by atoms with E-state index in [1.54, 1.807) is 17.0 Å². The highest BCUT2D eigenvalue weighted by Crippen LogP contribution is 2.23. The summed E-state index contributed by atoms with van der Waals surface area (Å²) in [7, 11) is 0. The van der Waals surface area contributed by atoms with E-state index in [1.165, 1.54) is 6.20 Å². The van der Waals surface area contributed by atoms with Gasteiger partial charge < -0.3 is 15.0 Å². The Morgan fingerprint density at radius 3 is 2.52 bits per heavy atom. The van der Waals surface area contributed by atoms with Crippen molar-refractivity contribution in [1.82, 2.24) is 9.88 Å². The van der Waals surface area contributed by atoms with Gasteiger partial charge in [0.15, 0.2) is 6.61 Å². The third-order valence-electron chi connectivity index (χ3n) is 4.39. The number of ether oxygens (including phenoxy) is 1. The molecule has 1 amide bonds. The average molecular weight is 367 g/mol. The Bertz CT molecular complexity index is 771. The van der Waals surface area contributed by atoms with Gasteiger partial charge in [-0.1, -0.05) is 30.3 Å². The number of amides is 1. The van der Waals surface area contributed by atoms with E-state index in [1.807, 2.05) is 44.2 Å². The number of rotatable bonds is 8. The molecular formula is C21H25N3O3. The van der Waals surface area contributed by atoms with Crippen LogP contribution in [-0.4, -0.2) is 40.5 Å². The van der Waals surface area contributed by atoms with E-state index in [9.17, 15) is 9.59 Å². The standard InChI is InChI=1S/C21H25N3O3/c1-15(2)24(13-16-6-4-3-5-7-16)20(25)14-27-21(26)17-8-11-19(22-12-17)23-18-9-10-18/h3-8,11-12,15,18H,9-10,13-14H2,1-2H3,(H,22,23). The molecular weight excluding hydrogens is 342 g/mol. The van der Waals surface area contributed by atoms with E-state index >= 15 is 0 Å².